The zero-order chi connectivity index (χ0) is 15.6. The van der Waals surface area contributed by atoms with Crippen molar-refractivity contribution < 1.29 is 9.15 Å². The molecule has 6 nitrogen and oxygen atoms in total. The van der Waals surface area contributed by atoms with E-state index in [-0.39, 0.29) is 30.0 Å². The highest BCUT2D eigenvalue weighted by Crippen LogP contribution is 2.24. The molecule has 23 heavy (non-hydrogen) atoms. The van der Waals surface area contributed by atoms with Crippen LogP contribution in [0.1, 0.15) is 31.6 Å². The maximum Gasteiger partial charge on any atom is 0.191 e. The molecular weight excluding hydrogens is 407 g/mol. The quantitative estimate of drug-likeness (QED) is 0.283. The summed E-state index contributed by atoms with van der Waals surface area (Å²) in [6.45, 7) is 7.21. The first-order valence-electron chi connectivity index (χ1n) is 8.15. The van der Waals surface area contributed by atoms with Crippen molar-refractivity contribution in [2.75, 3.05) is 46.4 Å². The predicted molar refractivity (Wildman–Crippen MR) is 104 cm³/mol. The van der Waals surface area contributed by atoms with Crippen LogP contribution in [0.15, 0.2) is 27.8 Å². The summed E-state index contributed by atoms with van der Waals surface area (Å²) in [5.74, 6) is 1.81. The fraction of sp³-hybridized carbons (Fsp3) is 0.688. The molecule has 1 aromatic rings. The van der Waals surface area contributed by atoms with Crippen LogP contribution < -0.4 is 10.6 Å². The minimum absolute atomic E-state index is 0. The Labute approximate surface area is 156 Å². The van der Waals surface area contributed by atoms with Gasteiger partial charge in [-0.25, -0.2) is 0 Å². The van der Waals surface area contributed by atoms with Gasteiger partial charge in [-0.05, 0) is 45.0 Å². The van der Waals surface area contributed by atoms with E-state index < -0.39 is 0 Å². The highest BCUT2D eigenvalue weighted by molar-refractivity contribution is 14.0. The van der Waals surface area contributed by atoms with Gasteiger partial charge in [0, 0.05) is 26.7 Å². The maximum absolute atomic E-state index is 5.63. The Kier molecular flexibility index (Phi) is 10.3. The Bertz CT molecular complexity index is 433. The Morgan fingerprint density at radius 2 is 2.17 bits per heavy atom. The molecule has 132 valence electrons. The number of rotatable bonds is 8. The third-order valence-electron chi connectivity index (χ3n) is 3.88. The number of furan rings is 1. The zero-order valence-electron chi connectivity index (χ0n) is 14.1. The van der Waals surface area contributed by atoms with Crippen molar-refractivity contribution in [2.24, 2.45) is 4.99 Å². The van der Waals surface area contributed by atoms with E-state index in [9.17, 15) is 0 Å². The van der Waals surface area contributed by atoms with Crippen LogP contribution in [-0.4, -0.2) is 57.3 Å². The highest BCUT2D eigenvalue weighted by Gasteiger charge is 2.25. The molecule has 0 saturated carbocycles. The van der Waals surface area contributed by atoms with Crippen molar-refractivity contribution in [1.29, 1.82) is 0 Å². The lowest BCUT2D eigenvalue weighted by atomic mass is 10.2. The van der Waals surface area contributed by atoms with Gasteiger partial charge in [0.05, 0.1) is 18.9 Å². The van der Waals surface area contributed by atoms with E-state index >= 15 is 0 Å². The van der Waals surface area contributed by atoms with Crippen LogP contribution in [0.2, 0.25) is 0 Å². The molecule has 0 bridgehead atoms. The summed E-state index contributed by atoms with van der Waals surface area (Å²) in [5, 5.41) is 6.65. The van der Waals surface area contributed by atoms with E-state index in [0.717, 1.165) is 44.5 Å². The third-order valence-corrected chi connectivity index (χ3v) is 3.88. The molecule has 1 aliphatic rings. The summed E-state index contributed by atoms with van der Waals surface area (Å²) in [4.78, 5) is 6.73. The Morgan fingerprint density at radius 1 is 1.39 bits per heavy atom. The molecule has 0 aromatic carbocycles. The van der Waals surface area contributed by atoms with Crippen LogP contribution in [0.3, 0.4) is 0 Å². The van der Waals surface area contributed by atoms with Crippen LogP contribution in [0.4, 0.5) is 0 Å². The number of nitrogens with one attached hydrogen (secondary N) is 2. The van der Waals surface area contributed by atoms with Crippen molar-refractivity contribution >= 4 is 29.9 Å². The van der Waals surface area contributed by atoms with E-state index in [1.807, 2.05) is 13.0 Å². The van der Waals surface area contributed by atoms with E-state index in [1.165, 1.54) is 12.8 Å². The number of hydrogen-bond acceptors (Lipinski definition) is 4. The standard InChI is InChI=1S/C16H28N4O2.HI/c1-3-21-12-8-18-16(17-2)19-13-14(15-7-6-11-22-15)20-9-4-5-10-20;/h6-7,11,14H,3-5,8-10,12-13H2,1-2H3,(H2,17,18,19);1H. The molecule has 0 amide bonds. The topological polar surface area (TPSA) is 62.0 Å². The molecule has 0 spiro atoms. The first kappa shape index (κ1) is 20.2. The fourth-order valence-electron chi connectivity index (χ4n) is 2.74. The van der Waals surface area contributed by atoms with Gasteiger partial charge in [-0.2, -0.15) is 0 Å². The molecule has 1 unspecified atom stereocenters. The molecule has 0 aliphatic carbocycles. The summed E-state index contributed by atoms with van der Waals surface area (Å²) in [5.41, 5.74) is 0. The maximum atomic E-state index is 5.63. The van der Waals surface area contributed by atoms with E-state index in [4.69, 9.17) is 9.15 Å². The first-order valence-corrected chi connectivity index (χ1v) is 8.15. The second-order valence-corrected chi connectivity index (χ2v) is 5.35. The van der Waals surface area contributed by atoms with Crippen LogP contribution in [0.25, 0.3) is 0 Å². The predicted octanol–water partition coefficient (Wildman–Crippen LogP) is 2.24. The number of aliphatic imine (C=N–C) groups is 1. The van der Waals surface area contributed by atoms with Gasteiger partial charge in [0.25, 0.3) is 0 Å². The number of nitrogens with zero attached hydrogens (tertiary/aromatic N) is 2. The summed E-state index contributed by atoms with van der Waals surface area (Å²) in [6.07, 6.45) is 4.27. The second kappa shape index (κ2) is 11.7. The van der Waals surface area contributed by atoms with Crippen molar-refractivity contribution in [2.45, 2.75) is 25.8 Å². The molecule has 0 radical (unpaired) electrons. The Balaban J connectivity index is 0.00000264. The monoisotopic (exact) mass is 436 g/mol. The summed E-state index contributed by atoms with van der Waals surface area (Å²) < 4.78 is 11.0. The first-order chi connectivity index (χ1) is 10.8. The molecule has 1 aromatic heterocycles. The lowest BCUT2D eigenvalue weighted by Gasteiger charge is -2.26. The minimum atomic E-state index is 0. The molecule has 1 aliphatic heterocycles. The van der Waals surface area contributed by atoms with E-state index in [2.05, 4.69) is 26.6 Å². The molecule has 1 saturated heterocycles. The lowest BCUT2D eigenvalue weighted by molar-refractivity contribution is 0.152. The van der Waals surface area contributed by atoms with Gasteiger partial charge in [-0.3, -0.25) is 9.89 Å². The van der Waals surface area contributed by atoms with Crippen LogP contribution >= 0.6 is 24.0 Å². The number of ether oxygens (including phenoxy) is 1. The summed E-state index contributed by atoms with van der Waals surface area (Å²) in [6, 6.07) is 4.26. The van der Waals surface area contributed by atoms with E-state index in [0.29, 0.717) is 6.61 Å². The molecule has 2 heterocycles. The Morgan fingerprint density at radius 3 is 2.78 bits per heavy atom. The van der Waals surface area contributed by atoms with Crippen LogP contribution in [-0.2, 0) is 4.74 Å². The van der Waals surface area contributed by atoms with Gasteiger partial charge in [-0.1, -0.05) is 0 Å². The number of likely N-dealkylation sites (tertiary alicyclic amines) is 1. The average Bonchev–Trinajstić information content (AvgIpc) is 3.23. The minimum Gasteiger partial charge on any atom is -0.468 e. The summed E-state index contributed by atoms with van der Waals surface area (Å²) in [7, 11) is 1.79. The van der Waals surface area contributed by atoms with Crippen LogP contribution in [0, 0.1) is 0 Å². The largest absolute Gasteiger partial charge is 0.468 e. The third kappa shape index (κ3) is 6.68. The molecule has 1 atom stereocenters. The average molecular weight is 436 g/mol. The van der Waals surface area contributed by atoms with Gasteiger partial charge in [0.15, 0.2) is 5.96 Å². The van der Waals surface area contributed by atoms with Crippen molar-refractivity contribution in [3.8, 4) is 0 Å². The molecular formula is C16H29IN4O2. The van der Waals surface area contributed by atoms with E-state index in [1.54, 1.807) is 13.3 Å². The number of hydrogen-bond donors (Lipinski definition) is 2. The van der Waals surface area contributed by atoms with Crippen LogP contribution in [0.5, 0.6) is 0 Å². The molecule has 2 N–H and O–H groups in total. The SMILES string of the molecule is CCOCCNC(=NC)NCC(c1ccco1)N1CCCC1.I. The zero-order valence-corrected chi connectivity index (χ0v) is 16.4. The lowest BCUT2D eigenvalue weighted by Crippen LogP contribution is -2.43. The summed E-state index contributed by atoms with van der Waals surface area (Å²) >= 11 is 0. The van der Waals surface area contributed by atoms with Crippen molar-refractivity contribution in [3.05, 3.63) is 24.2 Å². The molecule has 7 heteroatoms. The van der Waals surface area contributed by atoms with Gasteiger partial charge in [0.2, 0.25) is 0 Å². The van der Waals surface area contributed by atoms with Gasteiger partial charge >= 0.3 is 0 Å². The number of halogens is 1. The molecule has 2 rings (SSSR count). The van der Waals surface area contributed by atoms with Crippen molar-refractivity contribution in [1.82, 2.24) is 15.5 Å². The highest BCUT2D eigenvalue weighted by atomic mass is 127. The fourth-order valence-corrected chi connectivity index (χ4v) is 2.74. The number of guanidine groups is 1. The molecule has 1 fully saturated rings. The van der Waals surface area contributed by atoms with Crippen molar-refractivity contribution in [3.63, 3.8) is 0 Å². The normalized spacial score (nSPS) is 16.9. The van der Waals surface area contributed by atoms with Gasteiger partial charge in [-0.15, -0.1) is 24.0 Å². The second-order valence-electron chi connectivity index (χ2n) is 5.35. The van der Waals surface area contributed by atoms with Gasteiger partial charge in [0.1, 0.15) is 5.76 Å². The smallest absolute Gasteiger partial charge is 0.191 e. The Hall–Kier alpha value is -0.800. The van der Waals surface area contributed by atoms with Gasteiger partial charge < -0.3 is 19.8 Å².